The van der Waals surface area contributed by atoms with Gasteiger partial charge in [0.25, 0.3) is 0 Å². The van der Waals surface area contributed by atoms with Gasteiger partial charge in [0, 0.05) is 10.5 Å². The van der Waals surface area contributed by atoms with E-state index in [-0.39, 0.29) is 4.08 Å². The van der Waals surface area contributed by atoms with Gasteiger partial charge >= 0.3 is 0 Å². The molecule has 0 radical (unpaired) electrons. The highest BCUT2D eigenvalue weighted by atomic mass is 32.2. The van der Waals surface area contributed by atoms with Crippen molar-refractivity contribution in [2.24, 2.45) is 0 Å². The van der Waals surface area contributed by atoms with Crippen molar-refractivity contribution in [1.29, 1.82) is 0 Å². The molecule has 0 aromatic heterocycles. The topological polar surface area (TPSA) is 0 Å². The molecule has 1 fully saturated rings. The summed E-state index contributed by atoms with van der Waals surface area (Å²) in [6.07, 6.45) is 0. The predicted molar refractivity (Wildman–Crippen MR) is 47.2 cm³/mol. The lowest BCUT2D eigenvalue weighted by atomic mass is 10.3. The Labute approximate surface area is 65.6 Å². The van der Waals surface area contributed by atoms with Gasteiger partial charge in [-0.25, -0.2) is 0 Å². The monoisotopic (exact) mass is 166 g/mol. The molecule has 3 unspecified atom stereocenters. The zero-order valence-corrected chi connectivity index (χ0v) is 7.56. The molecule has 0 nitrogen and oxygen atoms in total. The first-order valence-electron chi connectivity index (χ1n) is 2.65. The van der Waals surface area contributed by atoms with Crippen LogP contribution in [-0.4, -0.2) is 14.6 Å². The van der Waals surface area contributed by atoms with Crippen molar-refractivity contribution < 1.29 is 0 Å². The van der Waals surface area contributed by atoms with E-state index in [1.807, 2.05) is 11.8 Å². The van der Waals surface area contributed by atoms with Crippen molar-refractivity contribution >= 4 is 37.0 Å². The van der Waals surface area contributed by atoms with Crippen LogP contribution in [0.15, 0.2) is 0 Å². The molecule has 0 amide bonds. The fraction of sp³-hybridized carbons (Fsp3) is 1.00. The van der Waals surface area contributed by atoms with Gasteiger partial charge in [0.15, 0.2) is 0 Å². The van der Waals surface area contributed by atoms with Crippen molar-refractivity contribution in [2.45, 2.75) is 28.4 Å². The van der Waals surface area contributed by atoms with Crippen LogP contribution >= 0.6 is 37.0 Å². The molecule has 1 aliphatic heterocycles. The second-order valence-electron chi connectivity index (χ2n) is 2.19. The van der Waals surface area contributed by atoms with Crippen LogP contribution in [-0.2, 0) is 0 Å². The zero-order chi connectivity index (χ0) is 6.36. The third kappa shape index (κ3) is 1.00. The van der Waals surface area contributed by atoms with Crippen LogP contribution in [0.25, 0.3) is 0 Å². The Morgan fingerprint density at radius 2 is 2.12 bits per heavy atom. The molecule has 0 aromatic carbocycles. The van der Waals surface area contributed by atoms with E-state index in [1.54, 1.807) is 0 Å². The van der Waals surface area contributed by atoms with Gasteiger partial charge in [-0.05, 0) is 0 Å². The summed E-state index contributed by atoms with van der Waals surface area (Å²) in [5, 5.41) is 1.10. The van der Waals surface area contributed by atoms with Crippen LogP contribution in [0.5, 0.6) is 0 Å². The maximum absolute atomic E-state index is 4.44. The number of hydrogen-bond donors (Lipinski definition) is 2. The average molecular weight is 166 g/mol. The molecule has 0 saturated carbocycles. The summed E-state index contributed by atoms with van der Waals surface area (Å²) in [6, 6.07) is 0. The van der Waals surface area contributed by atoms with Crippen molar-refractivity contribution in [2.75, 3.05) is 0 Å². The van der Waals surface area contributed by atoms with Crippen molar-refractivity contribution in [3.05, 3.63) is 0 Å². The number of thiol groups is 2. The Hall–Kier alpha value is 1.05. The largest absolute Gasteiger partial charge is 0.174 e. The molecule has 1 rings (SSSR count). The van der Waals surface area contributed by atoms with E-state index in [1.165, 1.54) is 0 Å². The maximum Gasteiger partial charge on any atom is 0.0813 e. The van der Waals surface area contributed by atoms with Crippen LogP contribution in [0.1, 0.15) is 13.8 Å². The van der Waals surface area contributed by atoms with E-state index in [9.17, 15) is 0 Å². The molecule has 0 aliphatic carbocycles. The molecule has 48 valence electrons. The minimum atomic E-state index is 0.184. The summed E-state index contributed by atoms with van der Waals surface area (Å²) in [5.74, 6) is 0. The molecule has 0 spiro atoms. The Morgan fingerprint density at radius 1 is 1.75 bits per heavy atom. The highest BCUT2D eigenvalue weighted by Crippen LogP contribution is 2.59. The maximum atomic E-state index is 4.44. The Kier molecular flexibility index (Phi) is 1.81. The predicted octanol–water partition coefficient (Wildman–Crippen LogP) is 2.07. The quantitative estimate of drug-likeness (QED) is 0.444. The molecule has 3 atom stereocenters. The second-order valence-corrected chi connectivity index (χ2v) is 5.62. The van der Waals surface area contributed by atoms with Gasteiger partial charge in [-0.3, -0.25) is 0 Å². The highest BCUT2D eigenvalue weighted by Gasteiger charge is 2.52. The van der Waals surface area contributed by atoms with Gasteiger partial charge in [0.2, 0.25) is 0 Å². The summed E-state index contributed by atoms with van der Waals surface area (Å²) in [6.45, 7) is 4.27. The number of hydrogen-bond acceptors (Lipinski definition) is 3. The van der Waals surface area contributed by atoms with E-state index in [0.717, 1.165) is 0 Å². The third-order valence-corrected chi connectivity index (χ3v) is 5.10. The molecule has 3 heteroatoms. The van der Waals surface area contributed by atoms with E-state index >= 15 is 0 Å². The molecular formula is C5H10S3. The first-order valence-corrected chi connectivity index (χ1v) is 4.50. The first kappa shape index (κ1) is 7.16. The first-order chi connectivity index (χ1) is 3.57. The lowest BCUT2D eigenvalue weighted by Gasteiger charge is -2.08. The van der Waals surface area contributed by atoms with Gasteiger partial charge in [-0.2, -0.15) is 25.3 Å². The van der Waals surface area contributed by atoms with E-state index in [2.05, 4.69) is 39.1 Å². The van der Waals surface area contributed by atoms with Gasteiger partial charge < -0.3 is 0 Å². The average Bonchev–Trinajstić information content (AvgIpc) is 2.17. The van der Waals surface area contributed by atoms with Crippen LogP contribution in [0.4, 0.5) is 0 Å². The summed E-state index contributed by atoms with van der Waals surface area (Å²) in [7, 11) is 0. The fourth-order valence-corrected chi connectivity index (χ4v) is 2.57. The molecule has 1 aliphatic rings. The summed E-state index contributed by atoms with van der Waals surface area (Å²) >= 11 is 10.6. The molecule has 0 aromatic rings. The van der Waals surface area contributed by atoms with Crippen LogP contribution < -0.4 is 0 Å². The van der Waals surface area contributed by atoms with Gasteiger partial charge in [-0.15, -0.1) is 11.8 Å². The van der Waals surface area contributed by atoms with Crippen LogP contribution in [0, 0.1) is 0 Å². The summed E-state index contributed by atoms with van der Waals surface area (Å²) in [5.41, 5.74) is 0. The normalized spacial score (nSPS) is 48.8. The number of rotatable bonds is 1. The molecular weight excluding hydrogens is 156 g/mol. The molecule has 8 heavy (non-hydrogen) atoms. The molecule has 0 bridgehead atoms. The molecule has 0 N–H and O–H groups in total. The van der Waals surface area contributed by atoms with E-state index in [4.69, 9.17) is 0 Å². The van der Waals surface area contributed by atoms with Crippen LogP contribution in [0.3, 0.4) is 0 Å². The van der Waals surface area contributed by atoms with E-state index < -0.39 is 0 Å². The smallest absolute Gasteiger partial charge is 0.0813 e. The summed E-state index contributed by atoms with van der Waals surface area (Å²) in [4.78, 5) is 0. The van der Waals surface area contributed by atoms with E-state index in [0.29, 0.717) is 10.5 Å². The Morgan fingerprint density at radius 3 is 2.12 bits per heavy atom. The SMILES string of the molecule is CC(S)C1(S)SC1C. The lowest BCUT2D eigenvalue weighted by molar-refractivity contribution is 0.869. The van der Waals surface area contributed by atoms with Crippen LogP contribution in [0.2, 0.25) is 0 Å². The van der Waals surface area contributed by atoms with Gasteiger partial charge in [0.05, 0.1) is 4.08 Å². The zero-order valence-electron chi connectivity index (χ0n) is 4.96. The second kappa shape index (κ2) is 2.03. The Balaban J connectivity index is 2.47. The fourth-order valence-electron chi connectivity index (χ4n) is 0.687. The summed E-state index contributed by atoms with van der Waals surface area (Å²) < 4.78 is 0.184. The van der Waals surface area contributed by atoms with Crippen molar-refractivity contribution in [1.82, 2.24) is 0 Å². The van der Waals surface area contributed by atoms with Gasteiger partial charge in [0.1, 0.15) is 0 Å². The van der Waals surface area contributed by atoms with Crippen molar-refractivity contribution in [3.8, 4) is 0 Å². The molecule has 1 heterocycles. The Bertz CT molecular complexity index is 102. The minimum absolute atomic E-state index is 0.184. The standard InChI is InChI=1S/C5H10S3/c1-3(6)5(7)4(2)8-5/h3-4,6-7H,1-2H3. The molecule has 1 saturated heterocycles. The third-order valence-electron chi connectivity index (χ3n) is 1.49. The van der Waals surface area contributed by atoms with Gasteiger partial charge in [-0.1, -0.05) is 13.8 Å². The highest BCUT2D eigenvalue weighted by molar-refractivity contribution is 8.20. The number of thioether (sulfide) groups is 1. The minimum Gasteiger partial charge on any atom is -0.174 e. The lowest BCUT2D eigenvalue weighted by Crippen LogP contribution is -2.15. The van der Waals surface area contributed by atoms with Crippen molar-refractivity contribution in [3.63, 3.8) is 0 Å².